The molecule has 4 heavy (non-hydrogen) atoms. The summed E-state index contributed by atoms with van der Waals surface area (Å²) in [6.07, 6.45) is 0. The Kier molecular flexibility index (Phi) is 22.8. The molecule has 0 fully saturated rings. The van der Waals surface area contributed by atoms with E-state index in [1.54, 1.807) is 0 Å². The molecule has 0 spiro atoms. The Morgan fingerprint density at radius 1 is 1.50 bits per heavy atom. The van der Waals surface area contributed by atoms with Crippen molar-refractivity contribution in [1.82, 2.24) is 0 Å². The molecule has 0 aliphatic rings. The summed E-state index contributed by atoms with van der Waals surface area (Å²) in [5.74, 6) is 0. The Bertz CT molecular complexity index is 30.6. The Morgan fingerprint density at radius 3 is 1.50 bits per heavy atom. The zero-order valence-corrected chi connectivity index (χ0v) is 3.62. The smallest absolute Gasteiger partial charge is 0.274 e. The summed E-state index contributed by atoms with van der Waals surface area (Å²) in [5.41, 5.74) is 0. The minimum absolute atomic E-state index is 0. The molecule has 4 heteroatoms. The SMILES string of the molecule is O=[Si]=O.[HH].[Ni]. The first kappa shape index (κ1) is 8.85. The third-order valence-electron chi connectivity index (χ3n) is 0. The molecule has 0 rings (SSSR count). The van der Waals surface area contributed by atoms with Crippen LogP contribution in [0, 0.1) is 0 Å². The van der Waals surface area contributed by atoms with Gasteiger partial charge in [-0.15, -0.1) is 0 Å². The van der Waals surface area contributed by atoms with Gasteiger partial charge in [0.15, 0.2) is 0 Å². The molecule has 28 valence electrons. The summed E-state index contributed by atoms with van der Waals surface area (Å²) < 4.78 is 16.8. The van der Waals surface area contributed by atoms with Gasteiger partial charge in [-0.25, -0.2) is 0 Å². The van der Waals surface area contributed by atoms with Crippen LogP contribution < -0.4 is 0 Å². The molecule has 0 saturated carbocycles. The molecule has 0 saturated heterocycles. The zero-order chi connectivity index (χ0) is 2.71. The van der Waals surface area contributed by atoms with E-state index < -0.39 is 9.29 Å². The predicted molar refractivity (Wildman–Crippen MR) is 9.24 cm³/mol. The Hall–Kier alpha value is 0.310. The molecule has 0 aromatic carbocycles. The molecule has 0 unspecified atom stereocenters. The van der Waals surface area contributed by atoms with Crippen molar-refractivity contribution in [3.8, 4) is 0 Å². The largest absolute Gasteiger partial charge is 0.549 e. The molecule has 0 heterocycles. The summed E-state index contributed by atoms with van der Waals surface area (Å²) in [6, 6.07) is 0. The van der Waals surface area contributed by atoms with E-state index in [-0.39, 0.29) is 17.9 Å². The summed E-state index contributed by atoms with van der Waals surface area (Å²) >= 11 is 0. The molecule has 0 amide bonds. The molecule has 0 aliphatic heterocycles. The van der Waals surface area contributed by atoms with E-state index in [0.717, 1.165) is 0 Å². The van der Waals surface area contributed by atoms with Crippen molar-refractivity contribution in [2.75, 3.05) is 0 Å². The van der Waals surface area contributed by atoms with Gasteiger partial charge in [0.2, 0.25) is 0 Å². The van der Waals surface area contributed by atoms with E-state index in [1.807, 2.05) is 0 Å². The van der Waals surface area contributed by atoms with Gasteiger partial charge in [-0.3, -0.25) is 8.92 Å². The third-order valence-corrected chi connectivity index (χ3v) is 0. The first-order chi connectivity index (χ1) is 1.41. The van der Waals surface area contributed by atoms with Crippen LogP contribution >= 0.6 is 0 Å². The van der Waals surface area contributed by atoms with Crippen LogP contribution in [0.5, 0.6) is 0 Å². The molecule has 0 aromatic heterocycles. The second kappa shape index (κ2) is 10.3. The van der Waals surface area contributed by atoms with Gasteiger partial charge in [-0.2, -0.15) is 0 Å². The first-order valence-corrected chi connectivity index (χ1v) is 1.22. The van der Waals surface area contributed by atoms with Crippen LogP contribution in [0.1, 0.15) is 1.43 Å². The van der Waals surface area contributed by atoms with E-state index in [9.17, 15) is 0 Å². The van der Waals surface area contributed by atoms with Crippen LogP contribution in [0.4, 0.5) is 0 Å². The fraction of sp³-hybridized carbons (Fsp3) is 0. The number of rotatable bonds is 0. The van der Waals surface area contributed by atoms with Gasteiger partial charge in [0.25, 0.3) is 0 Å². The van der Waals surface area contributed by atoms with Crippen molar-refractivity contribution in [3.05, 3.63) is 0 Å². The van der Waals surface area contributed by atoms with Crippen molar-refractivity contribution < 1.29 is 26.8 Å². The number of hydrogen-bond acceptors (Lipinski definition) is 2. The van der Waals surface area contributed by atoms with Crippen LogP contribution in [0.25, 0.3) is 0 Å². The van der Waals surface area contributed by atoms with Gasteiger partial charge in [0.05, 0.1) is 0 Å². The third kappa shape index (κ3) is 41.2. The van der Waals surface area contributed by atoms with E-state index in [2.05, 4.69) is 0 Å². The Balaban J connectivity index is -0.0000000200. The molecule has 0 radical (unpaired) electrons. The Morgan fingerprint density at radius 2 is 1.50 bits per heavy atom. The van der Waals surface area contributed by atoms with Gasteiger partial charge in [0, 0.05) is 17.9 Å². The molecule has 2 nitrogen and oxygen atoms in total. The van der Waals surface area contributed by atoms with Crippen LogP contribution in [0.15, 0.2) is 0 Å². The fourth-order valence-corrected chi connectivity index (χ4v) is 0. The van der Waals surface area contributed by atoms with E-state index in [1.165, 1.54) is 0 Å². The van der Waals surface area contributed by atoms with Crippen molar-refractivity contribution in [2.24, 2.45) is 0 Å². The molecular formula is H2NiO2Si. The average Bonchev–Trinajstić information content (AvgIpc) is 0.918. The van der Waals surface area contributed by atoms with Gasteiger partial charge < -0.3 is 0 Å². The molecule has 0 aromatic rings. The predicted octanol–water partition coefficient (Wildman–Crippen LogP) is -0.375. The van der Waals surface area contributed by atoms with Crippen molar-refractivity contribution in [2.45, 2.75) is 0 Å². The molecule has 0 N–H and O–H groups in total. The summed E-state index contributed by atoms with van der Waals surface area (Å²) in [7, 11) is -1.42. The van der Waals surface area contributed by atoms with Gasteiger partial charge in [-0.05, 0) is 0 Å². The van der Waals surface area contributed by atoms with Gasteiger partial charge in [0.1, 0.15) is 0 Å². The van der Waals surface area contributed by atoms with Gasteiger partial charge >= 0.3 is 9.29 Å². The van der Waals surface area contributed by atoms with Crippen molar-refractivity contribution in [1.29, 1.82) is 0 Å². The number of hydrogen-bond donors (Lipinski definition) is 0. The summed E-state index contributed by atoms with van der Waals surface area (Å²) in [6.45, 7) is 0. The average molecular weight is 121 g/mol. The van der Waals surface area contributed by atoms with Crippen molar-refractivity contribution in [3.63, 3.8) is 0 Å². The van der Waals surface area contributed by atoms with Crippen molar-refractivity contribution >= 4 is 9.29 Å². The minimum Gasteiger partial charge on any atom is -0.274 e. The maximum absolute atomic E-state index is 8.40. The summed E-state index contributed by atoms with van der Waals surface area (Å²) in [5, 5.41) is 0. The monoisotopic (exact) mass is 120 g/mol. The maximum Gasteiger partial charge on any atom is 0.549 e. The maximum atomic E-state index is 8.40. The zero-order valence-electron chi connectivity index (χ0n) is 1.63. The van der Waals surface area contributed by atoms with Gasteiger partial charge in [-0.1, -0.05) is 0 Å². The van der Waals surface area contributed by atoms with E-state index in [0.29, 0.717) is 0 Å². The fourth-order valence-electron chi connectivity index (χ4n) is 0. The minimum atomic E-state index is -1.42. The second-order valence-corrected chi connectivity index (χ2v) is 0.250. The van der Waals surface area contributed by atoms with Crippen LogP contribution in [-0.2, 0) is 25.4 Å². The molecule has 0 aliphatic carbocycles. The van der Waals surface area contributed by atoms with Crippen LogP contribution in [-0.4, -0.2) is 9.29 Å². The standard InChI is InChI=1S/Ni.O2Si.H2/c;1-3-2;/h;;1H. The molecular weight excluding hydrogens is 119 g/mol. The molecule has 0 bridgehead atoms. The van der Waals surface area contributed by atoms with Crippen LogP contribution in [0.3, 0.4) is 0 Å². The quantitative estimate of drug-likeness (QED) is 0.409. The molecule has 0 atom stereocenters. The Labute approximate surface area is 36.9 Å². The second-order valence-electron chi connectivity index (χ2n) is 0.0833. The van der Waals surface area contributed by atoms with E-state index in [4.69, 9.17) is 8.92 Å². The normalized spacial score (nSPS) is 2.00. The summed E-state index contributed by atoms with van der Waals surface area (Å²) in [4.78, 5) is 0. The van der Waals surface area contributed by atoms with Crippen LogP contribution in [0.2, 0.25) is 0 Å². The first-order valence-electron chi connectivity index (χ1n) is 0.408. The van der Waals surface area contributed by atoms with E-state index >= 15 is 0 Å². The topological polar surface area (TPSA) is 34.1 Å².